The van der Waals surface area contributed by atoms with E-state index in [0.717, 1.165) is 18.7 Å². The Morgan fingerprint density at radius 1 is 1.38 bits per heavy atom. The van der Waals surface area contributed by atoms with Crippen molar-refractivity contribution in [1.82, 2.24) is 10.3 Å². The van der Waals surface area contributed by atoms with Gasteiger partial charge in [-0.1, -0.05) is 0 Å². The minimum absolute atomic E-state index is 0.553. The molecule has 84 valence electrons. The second kappa shape index (κ2) is 3.52. The van der Waals surface area contributed by atoms with Crippen LogP contribution in [0.4, 0.5) is 0 Å². The van der Waals surface area contributed by atoms with Gasteiger partial charge in [0.1, 0.15) is 5.75 Å². The number of fused-ring (bicyclic) bond motifs is 3. The minimum Gasteiger partial charge on any atom is -0.497 e. The lowest BCUT2D eigenvalue weighted by Crippen LogP contribution is -2.32. The van der Waals surface area contributed by atoms with Crippen LogP contribution in [0.15, 0.2) is 18.2 Å². The number of hydrogen-bond donors (Lipinski definition) is 2. The molecule has 0 spiro atoms. The zero-order valence-electron chi connectivity index (χ0n) is 9.63. The summed E-state index contributed by atoms with van der Waals surface area (Å²) in [6.07, 6.45) is 1.09. The molecule has 0 saturated carbocycles. The average Bonchev–Trinajstić information content (AvgIpc) is 2.66. The highest BCUT2D eigenvalue weighted by Crippen LogP contribution is 2.29. The van der Waals surface area contributed by atoms with Gasteiger partial charge in [-0.15, -0.1) is 0 Å². The van der Waals surface area contributed by atoms with Gasteiger partial charge in [-0.3, -0.25) is 0 Å². The maximum absolute atomic E-state index is 5.28. The van der Waals surface area contributed by atoms with E-state index in [2.05, 4.69) is 29.4 Å². The Morgan fingerprint density at radius 2 is 2.25 bits per heavy atom. The van der Waals surface area contributed by atoms with Crippen LogP contribution in [0, 0.1) is 0 Å². The van der Waals surface area contributed by atoms with Crippen molar-refractivity contribution in [2.75, 3.05) is 7.11 Å². The summed E-state index contributed by atoms with van der Waals surface area (Å²) < 4.78 is 5.28. The Kier molecular flexibility index (Phi) is 2.14. The van der Waals surface area contributed by atoms with E-state index in [4.69, 9.17) is 4.74 Å². The normalized spacial score (nSPS) is 19.8. The van der Waals surface area contributed by atoms with Crippen molar-refractivity contribution in [3.8, 4) is 5.75 Å². The molecule has 1 aliphatic rings. The molecule has 1 unspecified atom stereocenters. The molecule has 0 bridgehead atoms. The van der Waals surface area contributed by atoms with Gasteiger partial charge in [0.15, 0.2) is 0 Å². The maximum Gasteiger partial charge on any atom is 0.119 e. The van der Waals surface area contributed by atoms with Gasteiger partial charge in [-0.05, 0) is 37.1 Å². The first-order valence-corrected chi connectivity index (χ1v) is 5.69. The van der Waals surface area contributed by atoms with Crippen LogP contribution < -0.4 is 10.1 Å². The Labute approximate surface area is 94.8 Å². The van der Waals surface area contributed by atoms with Gasteiger partial charge in [0.2, 0.25) is 0 Å². The van der Waals surface area contributed by atoms with Crippen molar-refractivity contribution >= 4 is 10.9 Å². The molecule has 1 aromatic carbocycles. The predicted octanol–water partition coefficient (Wildman–Crippen LogP) is 2.21. The second-order valence-electron chi connectivity index (χ2n) is 4.48. The average molecular weight is 216 g/mol. The van der Waals surface area contributed by atoms with Crippen LogP contribution in [0.5, 0.6) is 5.75 Å². The van der Waals surface area contributed by atoms with Crippen LogP contribution in [-0.2, 0) is 13.0 Å². The number of benzene rings is 1. The minimum atomic E-state index is 0.553. The molecule has 2 N–H and O–H groups in total. The maximum atomic E-state index is 5.28. The molecule has 0 aliphatic carbocycles. The van der Waals surface area contributed by atoms with Crippen LogP contribution in [0.2, 0.25) is 0 Å². The Morgan fingerprint density at radius 3 is 3.06 bits per heavy atom. The first-order valence-electron chi connectivity index (χ1n) is 5.69. The van der Waals surface area contributed by atoms with E-state index in [1.807, 2.05) is 6.07 Å². The zero-order chi connectivity index (χ0) is 11.1. The van der Waals surface area contributed by atoms with Crippen LogP contribution >= 0.6 is 0 Å². The van der Waals surface area contributed by atoms with Gasteiger partial charge in [0, 0.05) is 29.2 Å². The van der Waals surface area contributed by atoms with E-state index < -0.39 is 0 Å². The standard InChI is InChI=1S/C13H16N2O/c1-8-5-10-11-6-9(16-2)3-4-12(11)15-13(10)7-14-8/h3-4,6,8,14-15H,5,7H2,1-2H3. The first kappa shape index (κ1) is 9.73. The summed E-state index contributed by atoms with van der Waals surface area (Å²) in [5.41, 5.74) is 3.98. The fraction of sp³-hybridized carbons (Fsp3) is 0.385. The molecule has 0 fully saturated rings. The fourth-order valence-corrected chi connectivity index (χ4v) is 2.45. The van der Waals surface area contributed by atoms with Crippen LogP contribution in [0.3, 0.4) is 0 Å². The number of ether oxygens (including phenoxy) is 1. The number of hydrogen-bond acceptors (Lipinski definition) is 2. The first-order chi connectivity index (χ1) is 7.78. The van der Waals surface area contributed by atoms with E-state index >= 15 is 0 Å². The summed E-state index contributed by atoms with van der Waals surface area (Å²) in [7, 11) is 1.71. The van der Waals surface area contributed by atoms with E-state index in [1.54, 1.807) is 7.11 Å². The number of aromatic nitrogens is 1. The summed E-state index contributed by atoms with van der Waals surface area (Å²) in [5, 5.41) is 4.77. The lowest BCUT2D eigenvalue weighted by molar-refractivity contribution is 0.415. The van der Waals surface area contributed by atoms with Crippen molar-refractivity contribution in [1.29, 1.82) is 0 Å². The van der Waals surface area contributed by atoms with Gasteiger partial charge in [-0.25, -0.2) is 0 Å². The van der Waals surface area contributed by atoms with Crippen LogP contribution in [-0.4, -0.2) is 18.1 Å². The lowest BCUT2D eigenvalue weighted by atomic mass is 9.99. The summed E-state index contributed by atoms with van der Waals surface area (Å²) in [6, 6.07) is 6.78. The molecule has 0 radical (unpaired) electrons. The van der Waals surface area contributed by atoms with Gasteiger partial charge in [-0.2, -0.15) is 0 Å². The molecule has 0 amide bonds. The molecule has 1 aliphatic heterocycles. The van der Waals surface area contributed by atoms with Crippen molar-refractivity contribution in [2.24, 2.45) is 0 Å². The van der Waals surface area contributed by atoms with E-state index in [9.17, 15) is 0 Å². The molecule has 1 atom stereocenters. The highest BCUT2D eigenvalue weighted by atomic mass is 16.5. The predicted molar refractivity (Wildman–Crippen MR) is 64.9 cm³/mol. The largest absolute Gasteiger partial charge is 0.497 e. The second-order valence-corrected chi connectivity index (χ2v) is 4.48. The molecule has 2 aromatic rings. The summed E-state index contributed by atoms with van der Waals surface area (Å²) in [6.45, 7) is 3.16. The van der Waals surface area contributed by atoms with E-state index in [0.29, 0.717) is 6.04 Å². The van der Waals surface area contributed by atoms with Gasteiger partial charge in [0.05, 0.1) is 7.11 Å². The van der Waals surface area contributed by atoms with Gasteiger partial charge >= 0.3 is 0 Å². The van der Waals surface area contributed by atoms with Crippen LogP contribution in [0.1, 0.15) is 18.2 Å². The molecular weight excluding hydrogens is 200 g/mol. The highest BCUT2D eigenvalue weighted by molar-refractivity contribution is 5.86. The summed E-state index contributed by atoms with van der Waals surface area (Å²) in [5.74, 6) is 0.931. The van der Waals surface area contributed by atoms with Crippen molar-refractivity contribution in [3.05, 3.63) is 29.5 Å². The summed E-state index contributed by atoms with van der Waals surface area (Å²) in [4.78, 5) is 3.47. The van der Waals surface area contributed by atoms with Gasteiger partial charge < -0.3 is 15.0 Å². The molecular formula is C13H16N2O. The number of aromatic amines is 1. The number of H-pyrrole nitrogens is 1. The number of nitrogens with one attached hydrogen (secondary N) is 2. The molecule has 3 rings (SSSR count). The zero-order valence-corrected chi connectivity index (χ0v) is 9.63. The quantitative estimate of drug-likeness (QED) is 0.767. The fourth-order valence-electron chi connectivity index (χ4n) is 2.45. The molecule has 0 saturated heterocycles. The topological polar surface area (TPSA) is 37.0 Å². The highest BCUT2D eigenvalue weighted by Gasteiger charge is 2.19. The number of methoxy groups -OCH3 is 1. The SMILES string of the molecule is COc1ccc2[nH]c3c(c2c1)CC(C)NC3. The smallest absolute Gasteiger partial charge is 0.119 e. The van der Waals surface area contributed by atoms with Crippen molar-refractivity contribution < 1.29 is 4.74 Å². The van der Waals surface area contributed by atoms with Gasteiger partial charge in [0.25, 0.3) is 0 Å². The summed E-state index contributed by atoms with van der Waals surface area (Å²) >= 11 is 0. The van der Waals surface area contributed by atoms with E-state index in [-0.39, 0.29) is 0 Å². The molecule has 3 heteroatoms. The lowest BCUT2D eigenvalue weighted by Gasteiger charge is -2.20. The number of rotatable bonds is 1. The third-order valence-corrected chi connectivity index (χ3v) is 3.34. The molecule has 2 heterocycles. The Hall–Kier alpha value is -1.48. The monoisotopic (exact) mass is 216 g/mol. The molecule has 3 nitrogen and oxygen atoms in total. The Bertz CT molecular complexity index is 530. The van der Waals surface area contributed by atoms with E-state index in [1.165, 1.54) is 22.2 Å². The van der Waals surface area contributed by atoms with Crippen molar-refractivity contribution in [3.63, 3.8) is 0 Å². The van der Waals surface area contributed by atoms with Crippen molar-refractivity contribution in [2.45, 2.75) is 25.9 Å². The molecule has 1 aromatic heterocycles. The third kappa shape index (κ3) is 1.39. The third-order valence-electron chi connectivity index (χ3n) is 3.34. The van der Waals surface area contributed by atoms with Crippen LogP contribution in [0.25, 0.3) is 10.9 Å². The molecule has 16 heavy (non-hydrogen) atoms. The Balaban J connectivity index is 2.20.